The lowest BCUT2D eigenvalue weighted by molar-refractivity contribution is -0.192. The minimum atomic E-state index is -0.0395. The Morgan fingerprint density at radius 3 is 2.25 bits per heavy atom. The molecule has 94 valence electrons. The van der Waals surface area contributed by atoms with Gasteiger partial charge in [-0.1, -0.05) is 48.0 Å². The number of fused-ring (bicyclic) bond motifs is 1. The van der Waals surface area contributed by atoms with E-state index in [9.17, 15) is 5.11 Å². The highest BCUT2D eigenvalue weighted by Crippen LogP contribution is 2.69. The molecule has 1 nitrogen and oxygen atoms in total. The van der Waals surface area contributed by atoms with Gasteiger partial charge in [0.1, 0.15) is 0 Å². The molecule has 2 aliphatic rings. The summed E-state index contributed by atoms with van der Waals surface area (Å²) in [6, 6.07) is 0. The van der Waals surface area contributed by atoms with Gasteiger partial charge in [0.05, 0.1) is 6.10 Å². The summed E-state index contributed by atoms with van der Waals surface area (Å²) in [6.45, 7) is 14.1. The first-order chi connectivity index (χ1) is 7.37. The first kappa shape index (κ1) is 12.4. The summed E-state index contributed by atoms with van der Waals surface area (Å²) in [5, 5.41) is 10.5. The summed E-state index contributed by atoms with van der Waals surface area (Å²) < 4.78 is 0. The first-order valence-corrected chi connectivity index (χ1v) is 7.05. The van der Waals surface area contributed by atoms with Crippen LogP contribution in [0.5, 0.6) is 0 Å². The van der Waals surface area contributed by atoms with E-state index in [4.69, 9.17) is 0 Å². The highest BCUT2D eigenvalue weighted by molar-refractivity contribution is 5.16. The molecule has 0 heterocycles. The first-order valence-electron chi connectivity index (χ1n) is 7.05. The predicted octanol–water partition coefficient (Wildman–Crippen LogP) is 3.57. The second-order valence-electron chi connectivity index (χ2n) is 6.87. The van der Waals surface area contributed by atoms with E-state index >= 15 is 0 Å². The number of aliphatic hydroxyl groups is 1. The average molecular weight is 224 g/mol. The molecule has 0 aromatic carbocycles. The van der Waals surface area contributed by atoms with Crippen LogP contribution in [0.25, 0.3) is 0 Å². The van der Waals surface area contributed by atoms with Crippen molar-refractivity contribution in [2.24, 2.45) is 40.9 Å². The van der Waals surface area contributed by atoms with Crippen LogP contribution in [0, 0.1) is 40.9 Å². The molecule has 7 unspecified atom stereocenters. The van der Waals surface area contributed by atoms with Crippen LogP contribution in [0.2, 0.25) is 0 Å². The largest absolute Gasteiger partial charge is 0.392 e. The SMILES string of the molecule is CCC1C(C)C(C)C2(C)C(C(C)C)C(O)C12. The molecular formula is C15H28O. The van der Waals surface area contributed by atoms with Crippen LogP contribution in [-0.4, -0.2) is 11.2 Å². The van der Waals surface area contributed by atoms with Crippen LogP contribution in [0.3, 0.4) is 0 Å². The maximum absolute atomic E-state index is 10.5. The van der Waals surface area contributed by atoms with Crippen LogP contribution < -0.4 is 0 Å². The van der Waals surface area contributed by atoms with Crippen LogP contribution in [0.15, 0.2) is 0 Å². The monoisotopic (exact) mass is 224 g/mol. The standard InChI is InChI=1S/C15H28O/c1-7-11-9(4)10(5)15(6)12(8(2)3)14(16)13(11)15/h8-14,16H,7H2,1-6H3. The zero-order chi connectivity index (χ0) is 12.2. The molecule has 2 fully saturated rings. The van der Waals surface area contributed by atoms with Crippen molar-refractivity contribution in [2.45, 2.75) is 54.1 Å². The lowest BCUT2D eigenvalue weighted by Gasteiger charge is -2.60. The Kier molecular flexibility index (Phi) is 2.89. The zero-order valence-corrected chi connectivity index (χ0v) is 11.7. The number of aliphatic hydroxyl groups excluding tert-OH is 1. The molecule has 0 amide bonds. The lowest BCUT2D eigenvalue weighted by Crippen LogP contribution is -2.61. The second-order valence-corrected chi connectivity index (χ2v) is 6.87. The molecule has 0 aromatic rings. The van der Waals surface area contributed by atoms with E-state index < -0.39 is 0 Å². The maximum Gasteiger partial charge on any atom is 0.0612 e. The second kappa shape index (κ2) is 3.73. The fourth-order valence-electron chi connectivity index (χ4n) is 5.39. The van der Waals surface area contributed by atoms with Crippen molar-refractivity contribution in [2.75, 3.05) is 0 Å². The summed E-state index contributed by atoms with van der Waals surface area (Å²) in [5.74, 6) is 3.98. The molecule has 0 aliphatic heterocycles. The Labute approximate surface area is 101 Å². The molecule has 0 spiro atoms. The summed E-state index contributed by atoms with van der Waals surface area (Å²) in [4.78, 5) is 0. The van der Waals surface area contributed by atoms with Crippen LogP contribution >= 0.6 is 0 Å². The minimum Gasteiger partial charge on any atom is -0.392 e. The molecule has 16 heavy (non-hydrogen) atoms. The smallest absolute Gasteiger partial charge is 0.0612 e. The summed E-state index contributed by atoms with van der Waals surface area (Å²) in [7, 11) is 0. The Hall–Kier alpha value is -0.0400. The van der Waals surface area contributed by atoms with Gasteiger partial charge < -0.3 is 5.11 Å². The van der Waals surface area contributed by atoms with E-state index in [1.807, 2.05) is 0 Å². The maximum atomic E-state index is 10.5. The molecule has 0 saturated heterocycles. The fraction of sp³-hybridized carbons (Fsp3) is 1.00. The molecule has 1 heteroatoms. The van der Waals surface area contributed by atoms with Gasteiger partial charge in [-0.2, -0.15) is 0 Å². The van der Waals surface area contributed by atoms with Crippen molar-refractivity contribution in [3.63, 3.8) is 0 Å². The van der Waals surface area contributed by atoms with E-state index in [1.54, 1.807) is 0 Å². The molecule has 0 aromatic heterocycles. The lowest BCUT2D eigenvalue weighted by atomic mass is 9.47. The third kappa shape index (κ3) is 1.21. The zero-order valence-electron chi connectivity index (χ0n) is 11.7. The Balaban J connectivity index is 2.32. The van der Waals surface area contributed by atoms with Gasteiger partial charge in [0, 0.05) is 0 Å². The Bertz CT molecular complexity index is 273. The Morgan fingerprint density at radius 1 is 1.25 bits per heavy atom. The highest BCUT2D eigenvalue weighted by atomic mass is 16.3. The van der Waals surface area contributed by atoms with Gasteiger partial charge in [0.25, 0.3) is 0 Å². The van der Waals surface area contributed by atoms with Gasteiger partial charge >= 0.3 is 0 Å². The van der Waals surface area contributed by atoms with E-state index in [-0.39, 0.29) is 6.10 Å². The fourth-order valence-corrected chi connectivity index (χ4v) is 5.39. The van der Waals surface area contributed by atoms with E-state index in [2.05, 4.69) is 41.5 Å². The minimum absolute atomic E-state index is 0.0395. The van der Waals surface area contributed by atoms with Gasteiger partial charge in [0.2, 0.25) is 0 Å². The van der Waals surface area contributed by atoms with Crippen molar-refractivity contribution in [3.8, 4) is 0 Å². The molecule has 0 bridgehead atoms. The molecule has 2 rings (SSSR count). The third-order valence-electron chi connectivity index (χ3n) is 6.27. The molecule has 0 radical (unpaired) electrons. The van der Waals surface area contributed by atoms with Gasteiger partial charge in [-0.3, -0.25) is 0 Å². The quantitative estimate of drug-likeness (QED) is 0.760. The van der Waals surface area contributed by atoms with E-state index in [0.29, 0.717) is 23.2 Å². The van der Waals surface area contributed by atoms with Crippen molar-refractivity contribution in [1.29, 1.82) is 0 Å². The molecule has 2 saturated carbocycles. The summed E-state index contributed by atoms with van der Waals surface area (Å²) >= 11 is 0. The van der Waals surface area contributed by atoms with Gasteiger partial charge in [0.15, 0.2) is 0 Å². The number of rotatable bonds is 2. The Morgan fingerprint density at radius 2 is 1.81 bits per heavy atom. The van der Waals surface area contributed by atoms with Crippen LogP contribution in [0.1, 0.15) is 48.0 Å². The van der Waals surface area contributed by atoms with E-state index in [1.165, 1.54) is 6.42 Å². The summed E-state index contributed by atoms with van der Waals surface area (Å²) in [5.41, 5.74) is 0.397. The predicted molar refractivity (Wildman–Crippen MR) is 68.0 cm³/mol. The highest BCUT2D eigenvalue weighted by Gasteiger charge is 2.68. The van der Waals surface area contributed by atoms with Crippen molar-refractivity contribution >= 4 is 0 Å². The molecule has 1 N–H and O–H groups in total. The third-order valence-corrected chi connectivity index (χ3v) is 6.27. The summed E-state index contributed by atoms with van der Waals surface area (Å²) in [6.07, 6.45) is 1.19. The van der Waals surface area contributed by atoms with Gasteiger partial charge in [-0.25, -0.2) is 0 Å². The van der Waals surface area contributed by atoms with Crippen LogP contribution in [-0.2, 0) is 0 Å². The average Bonchev–Trinajstić information content (AvgIpc) is 2.36. The van der Waals surface area contributed by atoms with E-state index in [0.717, 1.165) is 17.8 Å². The van der Waals surface area contributed by atoms with Crippen molar-refractivity contribution in [1.82, 2.24) is 0 Å². The normalized spacial score (nSPS) is 56.2. The van der Waals surface area contributed by atoms with Crippen molar-refractivity contribution in [3.05, 3.63) is 0 Å². The molecular weight excluding hydrogens is 196 g/mol. The molecule has 7 atom stereocenters. The van der Waals surface area contributed by atoms with Gasteiger partial charge in [-0.05, 0) is 40.9 Å². The van der Waals surface area contributed by atoms with Crippen molar-refractivity contribution < 1.29 is 5.11 Å². The topological polar surface area (TPSA) is 20.2 Å². The molecule has 2 aliphatic carbocycles. The number of hydrogen-bond donors (Lipinski definition) is 1. The van der Waals surface area contributed by atoms with Gasteiger partial charge in [-0.15, -0.1) is 0 Å². The van der Waals surface area contributed by atoms with Crippen LogP contribution in [0.4, 0.5) is 0 Å². The number of hydrogen-bond acceptors (Lipinski definition) is 1.